The monoisotopic (exact) mass is 257 g/mol. The first-order valence-electron chi connectivity index (χ1n) is 5.95. The number of likely N-dealkylation sites (tertiary alicyclic amines) is 1. The third-order valence-corrected chi connectivity index (χ3v) is 3.03. The lowest BCUT2D eigenvalue weighted by Gasteiger charge is -2.35. The van der Waals surface area contributed by atoms with Crippen LogP contribution >= 0.6 is 0 Å². The van der Waals surface area contributed by atoms with Crippen LogP contribution in [0.1, 0.15) is 26.2 Å². The van der Waals surface area contributed by atoms with Gasteiger partial charge in [0.15, 0.2) is 0 Å². The summed E-state index contributed by atoms with van der Waals surface area (Å²) in [7, 11) is 0. The summed E-state index contributed by atoms with van der Waals surface area (Å²) in [6.45, 7) is 1.98. The number of nitrogens with two attached hydrogens (primary N) is 1. The molecular formula is C11H19N3O4. The second kappa shape index (κ2) is 6.34. The SMILES string of the molecule is CC(=O)NC(CN1CCCCC1C(N)=O)C(=O)O. The van der Waals surface area contributed by atoms with Gasteiger partial charge >= 0.3 is 5.97 Å². The third kappa shape index (κ3) is 3.99. The highest BCUT2D eigenvalue weighted by atomic mass is 16.4. The van der Waals surface area contributed by atoms with Crippen LogP contribution in [0, 0.1) is 0 Å². The van der Waals surface area contributed by atoms with Gasteiger partial charge in [0.2, 0.25) is 11.8 Å². The van der Waals surface area contributed by atoms with Crippen molar-refractivity contribution < 1.29 is 19.5 Å². The van der Waals surface area contributed by atoms with Crippen molar-refractivity contribution in [3.63, 3.8) is 0 Å². The molecule has 0 radical (unpaired) electrons. The molecule has 0 aromatic rings. The molecule has 2 atom stereocenters. The van der Waals surface area contributed by atoms with Crippen LogP contribution in [-0.2, 0) is 14.4 Å². The second-order valence-electron chi connectivity index (χ2n) is 4.50. The van der Waals surface area contributed by atoms with Gasteiger partial charge < -0.3 is 16.2 Å². The molecule has 1 aliphatic heterocycles. The molecule has 2 amide bonds. The number of carboxylic acid groups (broad SMARTS) is 1. The highest BCUT2D eigenvalue weighted by molar-refractivity contribution is 5.83. The fourth-order valence-electron chi connectivity index (χ4n) is 2.20. The standard InChI is InChI=1S/C11H19N3O4/c1-7(15)13-8(11(17)18)6-14-5-3-2-4-9(14)10(12)16/h8-9H,2-6H2,1H3,(H2,12,16)(H,13,15)(H,17,18). The van der Waals surface area contributed by atoms with Crippen molar-refractivity contribution in [2.45, 2.75) is 38.3 Å². The largest absolute Gasteiger partial charge is 0.480 e. The summed E-state index contributed by atoms with van der Waals surface area (Å²) in [5, 5.41) is 11.4. The zero-order valence-corrected chi connectivity index (χ0v) is 10.4. The van der Waals surface area contributed by atoms with Crippen molar-refractivity contribution in [3.05, 3.63) is 0 Å². The predicted molar refractivity (Wildman–Crippen MR) is 63.6 cm³/mol. The Morgan fingerprint density at radius 1 is 1.44 bits per heavy atom. The summed E-state index contributed by atoms with van der Waals surface area (Å²) < 4.78 is 0. The van der Waals surface area contributed by atoms with Gasteiger partial charge in [-0.15, -0.1) is 0 Å². The number of primary amides is 1. The van der Waals surface area contributed by atoms with Crippen LogP contribution < -0.4 is 11.1 Å². The van der Waals surface area contributed by atoms with E-state index >= 15 is 0 Å². The van der Waals surface area contributed by atoms with E-state index in [9.17, 15) is 14.4 Å². The highest BCUT2D eigenvalue weighted by Crippen LogP contribution is 2.16. The van der Waals surface area contributed by atoms with Gasteiger partial charge in [0, 0.05) is 13.5 Å². The average molecular weight is 257 g/mol. The molecule has 0 aromatic heterocycles. The maximum atomic E-state index is 11.3. The van der Waals surface area contributed by atoms with Gasteiger partial charge in [-0.3, -0.25) is 14.5 Å². The summed E-state index contributed by atoms with van der Waals surface area (Å²) in [5.74, 6) is -1.96. The second-order valence-corrected chi connectivity index (χ2v) is 4.50. The minimum absolute atomic E-state index is 0.0997. The Morgan fingerprint density at radius 2 is 2.11 bits per heavy atom. The molecule has 102 valence electrons. The topological polar surface area (TPSA) is 113 Å². The minimum Gasteiger partial charge on any atom is -0.480 e. The van der Waals surface area contributed by atoms with E-state index in [1.54, 1.807) is 4.90 Å². The van der Waals surface area contributed by atoms with Crippen molar-refractivity contribution >= 4 is 17.8 Å². The summed E-state index contributed by atoms with van der Waals surface area (Å²) in [6.07, 6.45) is 2.44. The van der Waals surface area contributed by atoms with Crippen molar-refractivity contribution in [1.82, 2.24) is 10.2 Å². The molecule has 1 fully saturated rings. The van der Waals surface area contributed by atoms with Crippen molar-refractivity contribution in [2.24, 2.45) is 5.73 Å². The molecule has 18 heavy (non-hydrogen) atoms. The molecule has 0 aliphatic carbocycles. The number of carboxylic acids is 1. The first-order valence-corrected chi connectivity index (χ1v) is 5.95. The van der Waals surface area contributed by atoms with Crippen LogP contribution in [0.5, 0.6) is 0 Å². The number of hydrogen-bond acceptors (Lipinski definition) is 4. The van der Waals surface area contributed by atoms with Gasteiger partial charge in [0.25, 0.3) is 0 Å². The van der Waals surface area contributed by atoms with E-state index in [1.807, 2.05) is 0 Å². The fraction of sp³-hybridized carbons (Fsp3) is 0.727. The molecular weight excluding hydrogens is 238 g/mol. The van der Waals surface area contributed by atoms with Crippen molar-refractivity contribution in [1.29, 1.82) is 0 Å². The van der Waals surface area contributed by atoms with E-state index in [4.69, 9.17) is 10.8 Å². The molecule has 1 saturated heterocycles. The first-order chi connectivity index (χ1) is 8.41. The molecule has 0 spiro atoms. The molecule has 1 aliphatic rings. The van der Waals surface area contributed by atoms with E-state index in [0.29, 0.717) is 13.0 Å². The van der Waals surface area contributed by atoms with E-state index in [2.05, 4.69) is 5.32 Å². The molecule has 7 nitrogen and oxygen atoms in total. The van der Waals surface area contributed by atoms with Crippen LogP contribution in [0.25, 0.3) is 0 Å². The number of aliphatic carboxylic acids is 1. The molecule has 1 rings (SSSR count). The number of rotatable bonds is 5. The summed E-state index contributed by atoms with van der Waals surface area (Å²) in [6, 6.07) is -1.45. The number of hydrogen-bond donors (Lipinski definition) is 3. The molecule has 0 aromatic carbocycles. The zero-order valence-electron chi connectivity index (χ0n) is 10.4. The van der Waals surface area contributed by atoms with Gasteiger partial charge in [0.05, 0.1) is 6.04 Å². The molecule has 4 N–H and O–H groups in total. The number of carbonyl (C=O) groups is 3. The van der Waals surface area contributed by atoms with Crippen LogP contribution in [0.4, 0.5) is 0 Å². The Morgan fingerprint density at radius 3 is 2.61 bits per heavy atom. The maximum absolute atomic E-state index is 11.3. The Kier molecular flexibility index (Phi) is 5.08. The van der Waals surface area contributed by atoms with Crippen molar-refractivity contribution in [3.8, 4) is 0 Å². The summed E-state index contributed by atoms with van der Waals surface area (Å²) >= 11 is 0. The third-order valence-electron chi connectivity index (χ3n) is 3.03. The van der Waals surface area contributed by atoms with Crippen LogP contribution in [0.15, 0.2) is 0 Å². The molecule has 0 saturated carbocycles. The maximum Gasteiger partial charge on any atom is 0.327 e. The van der Waals surface area contributed by atoms with Crippen LogP contribution in [0.3, 0.4) is 0 Å². The number of nitrogens with zero attached hydrogens (tertiary/aromatic N) is 1. The van der Waals surface area contributed by atoms with E-state index in [0.717, 1.165) is 12.8 Å². The quantitative estimate of drug-likeness (QED) is 0.579. The van der Waals surface area contributed by atoms with Crippen LogP contribution in [0.2, 0.25) is 0 Å². The fourth-order valence-corrected chi connectivity index (χ4v) is 2.20. The Balaban J connectivity index is 2.68. The van der Waals surface area contributed by atoms with Gasteiger partial charge in [-0.25, -0.2) is 4.79 Å². The Hall–Kier alpha value is -1.63. The Labute approximate surface area is 105 Å². The minimum atomic E-state index is -1.11. The zero-order chi connectivity index (χ0) is 13.7. The lowest BCUT2D eigenvalue weighted by Crippen LogP contribution is -2.55. The van der Waals surface area contributed by atoms with E-state index in [1.165, 1.54) is 6.92 Å². The molecule has 7 heteroatoms. The number of nitrogens with one attached hydrogen (secondary N) is 1. The first kappa shape index (κ1) is 14.4. The van der Waals surface area contributed by atoms with E-state index < -0.39 is 29.9 Å². The lowest BCUT2D eigenvalue weighted by molar-refractivity contribution is -0.143. The van der Waals surface area contributed by atoms with Crippen LogP contribution in [-0.4, -0.2) is 53.0 Å². The van der Waals surface area contributed by atoms with Crippen molar-refractivity contribution in [2.75, 3.05) is 13.1 Å². The smallest absolute Gasteiger partial charge is 0.327 e. The molecule has 0 bridgehead atoms. The van der Waals surface area contributed by atoms with Gasteiger partial charge in [-0.1, -0.05) is 6.42 Å². The number of piperidine rings is 1. The predicted octanol–water partition coefficient (Wildman–Crippen LogP) is -1.08. The average Bonchev–Trinajstić information content (AvgIpc) is 2.27. The van der Waals surface area contributed by atoms with Gasteiger partial charge in [-0.05, 0) is 19.4 Å². The van der Waals surface area contributed by atoms with E-state index in [-0.39, 0.29) is 6.54 Å². The van der Waals surface area contributed by atoms with Gasteiger partial charge in [0.1, 0.15) is 6.04 Å². The molecule has 1 heterocycles. The Bertz CT molecular complexity index is 345. The lowest BCUT2D eigenvalue weighted by atomic mass is 10.0. The van der Waals surface area contributed by atoms with Gasteiger partial charge in [-0.2, -0.15) is 0 Å². The number of carbonyl (C=O) groups excluding carboxylic acids is 2. The summed E-state index contributed by atoms with van der Waals surface area (Å²) in [5.41, 5.74) is 5.30. The molecule has 2 unspecified atom stereocenters. The number of amides is 2. The normalized spacial score (nSPS) is 22.2. The summed E-state index contributed by atoms with van der Waals surface area (Å²) in [4.78, 5) is 35.0. The highest BCUT2D eigenvalue weighted by Gasteiger charge is 2.31.